The van der Waals surface area contributed by atoms with Gasteiger partial charge in [-0.15, -0.1) is 10.2 Å². The predicted octanol–water partition coefficient (Wildman–Crippen LogP) is 3.37. The molecule has 0 saturated carbocycles. The normalized spacial score (nSPS) is 15.8. The number of aromatic nitrogens is 5. The summed E-state index contributed by atoms with van der Waals surface area (Å²) in [6, 6.07) is 6.78. The van der Waals surface area contributed by atoms with Crippen LogP contribution in [0.15, 0.2) is 24.4 Å². The first kappa shape index (κ1) is 20.2. The molecule has 164 valence electrons. The van der Waals surface area contributed by atoms with Gasteiger partial charge >= 0.3 is 6.18 Å². The minimum Gasteiger partial charge on any atom is -0.350 e. The minimum absolute atomic E-state index is 0.271. The van der Waals surface area contributed by atoms with Gasteiger partial charge in [-0.05, 0) is 36.6 Å². The maximum atomic E-state index is 13.2. The van der Waals surface area contributed by atoms with Crippen molar-refractivity contribution in [1.29, 1.82) is 5.26 Å². The monoisotopic (exact) mass is 440 g/mol. The first-order valence-electron chi connectivity index (χ1n) is 10.2. The second kappa shape index (κ2) is 7.47. The van der Waals surface area contributed by atoms with Gasteiger partial charge in [-0.25, -0.2) is 4.68 Å². The predicted molar refractivity (Wildman–Crippen MR) is 109 cm³/mol. The Kier molecular flexibility index (Phi) is 4.73. The highest BCUT2D eigenvalue weighted by atomic mass is 19.4. The Bertz CT molecular complexity index is 1230. The van der Waals surface area contributed by atoms with Gasteiger partial charge < -0.3 is 9.80 Å². The average Bonchev–Trinajstić information content (AvgIpc) is 3.23. The van der Waals surface area contributed by atoms with Gasteiger partial charge in [0.15, 0.2) is 17.2 Å². The van der Waals surface area contributed by atoms with E-state index in [2.05, 4.69) is 25.2 Å². The van der Waals surface area contributed by atoms with Crippen molar-refractivity contribution in [2.24, 2.45) is 0 Å². The van der Waals surface area contributed by atoms with E-state index in [1.807, 2.05) is 24.0 Å². The maximum Gasteiger partial charge on any atom is 0.435 e. The van der Waals surface area contributed by atoms with Crippen LogP contribution in [0.3, 0.4) is 0 Å². The van der Waals surface area contributed by atoms with Crippen molar-refractivity contribution >= 4 is 17.3 Å². The number of alkyl halides is 3. The smallest absolute Gasteiger partial charge is 0.350 e. The summed E-state index contributed by atoms with van der Waals surface area (Å²) in [5.41, 5.74) is 2.95. The van der Waals surface area contributed by atoms with Gasteiger partial charge in [0, 0.05) is 44.4 Å². The molecule has 0 amide bonds. The van der Waals surface area contributed by atoms with Crippen LogP contribution in [-0.2, 0) is 25.7 Å². The lowest BCUT2D eigenvalue weighted by Crippen LogP contribution is -2.33. The number of halogens is 3. The second-order valence-electron chi connectivity index (χ2n) is 7.93. The van der Waals surface area contributed by atoms with Crippen molar-refractivity contribution in [3.05, 3.63) is 52.6 Å². The number of fused-ring (bicyclic) bond motifs is 2. The van der Waals surface area contributed by atoms with Gasteiger partial charge in [0.2, 0.25) is 0 Å². The van der Waals surface area contributed by atoms with E-state index < -0.39 is 11.9 Å². The first-order chi connectivity index (χ1) is 15.3. The summed E-state index contributed by atoms with van der Waals surface area (Å²) in [6.07, 6.45) is -1.36. The molecule has 5 rings (SSSR count). The van der Waals surface area contributed by atoms with Crippen LogP contribution >= 0.6 is 0 Å². The Morgan fingerprint density at radius 1 is 1.09 bits per heavy atom. The van der Waals surface area contributed by atoms with Gasteiger partial charge in [0.25, 0.3) is 0 Å². The maximum absolute atomic E-state index is 13.2. The number of aryl methyl sites for hydroxylation is 2. The molecule has 3 aromatic heterocycles. The van der Waals surface area contributed by atoms with E-state index in [-0.39, 0.29) is 5.69 Å². The lowest BCUT2D eigenvalue weighted by Gasteiger charge is -2.32. The van der Waals surface area contributed by atoms with Crippen molar-refractivity contribution in [3.8, 4) is 6.07 Å². The Hall–Kier alpha value is -3.68. The SMILES string of the molecule is Cc1cc(C#N)nnc1N1CCc2ncc(N3CCCn4nc(C(F)(F)F)cc43)cc2C1. The number of rotatable bonds is 2. The van der Waals surface area contributed by atoms with E-state index >= 15 is 0 Å². The third-order valence-electron chi connectivity index (χ3n) is 5.79. The molecule has 0 aromatic carbocycles. The summed E-state index contributed by atoms with van der Waals surface area (Å²) in [5, 5.41) is 20.9. The van der Waals surface area contributed by atoms with Crippen molar-refractivity contribution in [3.63, 3.8) is 0 Å². The molecule has 2 aliphatic rings. The molecule has 0 bridgehead atoms. The van der Waals surface area contributed by atoms with Gasteiger partial charge in [0.05, 0.1) is 11.9 Å². The Balaban J connectivity index is 1.45. The number of pyridine rings is 1. The van der Waals surface area contributed by atoms with Gasteiger partial charge in [-0.2, -0.15) is 23.5 Å². The Morgan fingerprint density at radius 3 is 2.69 bits per heavy atom. The Labute approximate surface area is 181 Å². The van der Waals surface area contributed by atoms with Crippen LogP contribution < -0.4 is 9.80 Å². The third kappa shape index (κ3) is 3.51. The van der Waals surface area contributed by atoms with Crippen molar-refractivity contribution < 1.29 is 13.2 Å². The van der Waals surface area contributed by atoms with E-state index in [1.165, 1.54) is 4.68 Å². The Morgan fingerprint density at radius 2 is 1.94 bits per heavy atom. The first-order valence-corrected chi connectivity index (χ1v) is 10.2. The standard InChI is InChI=1S/C21H19F3N8/c1-13-7-15(10-25)27-28-20(13)30-6-3-17-14(12-30)8-16(11-26-17)31-4-2-5-32-19(31)9-18(29-32)21(22,23)24/h7-9,11H,2-6,12H2,1H3. The third-order valence-corrected chi connectivity index (χ3v) is 5.79. The van der Waals surface area contributed by atoms with Crippen molar-refractivity contribution in [1.82, 2.24) is 25.0 Å². The van der Waals surface area contributed by atoms with E-state index in [0.717, 1.165) is 28.6 Å². The van der Waals surface area contributed by atoms with Crippen LogP contribution in [0.2, 0.25) is 0 Å². The summed E-state index contributed by atoms with van der Waals surface area (Å²) in [4.78, 5) is 8.52. The molecule has 0 N–H and O–H groups in total. The van der Waals surface area contributed by atoms with Crippen molar-refractivity contribution in [2.75, 3.05) is 22.9 Å². The van der Waals surface area contributed by atoms with E-state index in [4.69, 9.17) is 5.26 Å². The molecule has 5 heterocycles. The highest BCUT2D eigenvalue weighted by Crippen LogP contribution is 2.36. The van der Waals surface area contributed by atoms with Crippen LogP contribution in [0.5, 0.6) is 0 Å². The molecule has 0 unspecified atom stereocenters. The summed E-state index contributed by atoms with van der Waals surface area (Å²) >= 11 is 0. The van der Waals surface area contributed by atoms with Crippen molar-refractivity contribution in [2.45, 2.75) is 39.0 Å². The molecule has 32 heavy (non-hydrogen) atoms. The number of anilines is 3. The molecule has 2 aliphatic heterocycles. The molecule has 0 radical (unpaired) electrons. The van der Waals surface area contributed by atoms with E-state index in [9.17, 15) is 13.2 Å². The number of hydrogen-bond acceptors (Lipinski definition) is 7. The fourth-order valence-electron chi connectivity index (χ4n) is 4.27. The molecule has 0 aliphatic carbocycles. The van der Waals surface area contributed by atoms with Crippen LogP contribution in [-0.4, -0.2) is 38.1 Å². The molecule has 0 saturated heterocycles. The van der Waals surface area contributed by atoms with Crippen LogP contribution in [0, 0.1) is 18.3 Å². The molecule has 11 heteroatoms. The zero-order valence-corrected chi connectivity index (χ0v) is 17.3. The van der Waals surface area contributed by atoms with Crippen LogP contribution in [0.4, 0.5) is 30.5 Å². The zero-order valence-electron chi connectivity index (χ0n) is 17.3. The van der Waals surface area contributed by atoms with Gasteiger partial charge in [0.1, 0.15) is 11.9 Å². The number of hydrogen-bond donors (Lipinski definition) is 0. The van der Waals surface area contributed by atoms with E-state index in [0.29, 0.717) is 50.7 Å². The molecule has 0 spiro atoms. The number of nitrogens with zero attached hydrogens (tertiary/aromatic N) is 8. The molecule has 0 atom stereocenters. The molecular weight excluding hydrogens is 421 g/mol. The minimum atomic E-state index is -4.48. The quantitative estimate of drug-likeness (QED) is 0.604. The lowest BCUT2D eigenvalue weighted by atomic mass is 10.0. The fraction of sp³-hybridized carbons (Fsp3) is 0.381. The van der Waals surface area contributed by atoms with E-state index in [1.54, 1.807) is 12.3 Å². The fourth-order valence-corrected chi connectivity index (χ4v) is 4.27. The van der Waals surface area contributed by atoms with Crippen LogP contribution in [0.1, 0.15) is 34.6 Å². The summed E-state index contributed by atoms with van der Waals surface area (Å²) in [7, 11) is 0. The molecular formula is C21H19F3N8. The molecule has 0 fully saturated rings. The lowest BCUT2D eigenvalue weighted by molar-refractivity contribution is -0.141. The van der Waals surface area contributed by atoms with Gasteiger partial charge in [-0.1, -0.05) is 0 Å². The molecule has 3 aromatic rings. The zero-order chi connectivity index (χ0) is 22.5. The number of nitriles is 1. The summed E-state index contributed by atoms with van der Waals surface area (Å²) in [5.74, 6) is 1.14. The van der Waals surface area contributed by atoms with Gasteiger partial charge in [-0.3, -0.25) is 4.98 Å². The summed E-state index contributed by atoms with van der Waals surface area (Å²) < 4.78 is 40.9. The highest BCUT2D eigenvalue weighted by molar-refractivity contribution is 5.62. The van der Waals surface area contributed by atoms with Crippen LogP contribution in [0.25, 0.3) is 0 Å². The second-order valence-corrected chi connectivity index (χ2v) is 7.93. The molecule has 8 nitrogen and oxygen atoms in total. The topological polar surface area (TPSA) is 86.8 Å². The average molecular weight is 440 g/mol. The largest absolute Gasteiger partial charge is 0.435 e. The summed E-state index contributed by atoms with van der Waals surface area (Å²) in [6.45, 7) is 4.20. The highest BCUT2D eigenvalue weighted by Gasteiger charge is 2.36.